The van der Waals surface area contributed by atoms with Crippen molar-refractivity contribution in [2.24, 2.45) is 17.8 Å². The maximum absolute atomic E-state index is 11.5. The van der Waals surface area contributed by atoms with E-state index >= 15 is 0 Å². The second-order valence-corrected chi connectivity index (χ2v) is 4.39. The summed E-state index contributed by atoms with van der Waals surface area (Å²) in [4.78, 5) is 11.5. The van der Waals surface area contributed by atoms with Gasteiger partial charge in [0.15, 0.2) is 0 Å². The van der Waals surface area contributed by atoms with Gasteiger partial charge in [0.05, 0.1) is 0 Å². The summed E-state index contributed by atoms with van der Waals surface area (Å²) in [5.74, 6) is 2.06. The normalized spacial score (nSPS) is 41.0. The van der Waals surface area contributed by atoms with Crippen molar-refractivity contribution in [2.75, 3.05) is 0 Å². The van der Waals surface area contributed by atoms with Crippen molar-refractivity contribution in [3.8, 4) is 0 Å². The molecule has 66 valence electrons. The summed E-state index contributed by atoms with van der Waals surface area (Å²) in [6.45, 7) is 4.36. The molecule has 1 fully saturated rings. The number of Topliss-reactive ketones (excluding diaryl/α,β-unsaturated/α-hetero) is 1. The number of ketones is 1. The summed E-state index contributed by atoms with van der Waals surface area (Å²) in [5, 5.41) is 0. The van der Waals surface area contributed by atoms with Gasteiger partial charge in [-0.2, -0.15) is 0 Å². The predicted octanol–water partition coefficient (Wildman–Crippen LogP) is 2.57. The van der Waals surface area contributed by atoms with Crippen molar-refractivity contribution in [2.45, 2.75) is 33.1 Å². The highest BCUT2D eigenvalue weighted by Crippen LogP contribution is 2.42. The molecule has 2 aliphatic rings. The Labute approximate surface area is 73.8 Å². The molecule has 0 saturated heterocycles. The number of carbonyl (C=O) groups is 1. The first-order chi connectivity index (χ1) is 5.68. The topological polar surface area (TPSA) is 17.1 Å². The van der Waals surface area contributed by atoms with E-state index in [0.29, 0.717) is 17.6 Å². The van der Waals surface area contributed by atoms with E-state index in [1.54, 1.807) is 0 Å². The lowest BCUT2D eigenvalue weighted by Crippen LogP contribution is -2.18. The van der Waals surface area contributed by atoms with Gasteiger partial charge >= 0.3 is 0 Å². The van der Waals surface area contributed by atoms with Crippen LogP contribution in [0, 0.1) is 17.8 Å². The number of carbonyl (C=O) groups excluding carboxylic acids is 1. The molecule has 12 heavy (non-hydrogen) atoms. The third-order valence-corrected chi connectivity index (χ3v) is 3.42. The van der Waals surface area contributed by atoms with Crippen LogP contribution in [-0.2, 0) is 4.79 Å². The minimum absolute atomic E-state index is 0.286. The number of fused-ring (bicyclic) bond motifs is 1. The fourth-order valence-electron chi connectivity index (χ4n) is 2.66. The van der Waals surface area contributed by atoms with E-state index in [9.17, 15) is 4.79 Å². The van der Waals surface area contributed by atoms with Crippen molar-refractivity contribution in [1.82, 2.24) is 0 Å². The summed E-state index contributed by atoms with van der Waals surface area (Å²) in [6.07, 6.45) is 5.47. The zero-order chi connectivity index (χ0) is 8.72. The number of hydrogen-bond acceptors (Lipinski definition) is 1. The van der Waals surface area contributed by atoms with Gasteiger partial charge in [-0.15, -0.1) is 0 Å². The van der Waals surface area contributed by atoms with Crippen LogP contribution in [0.25, 0.3) is 0 Å². The Balaban J connectivity index is 2.26. The molecule has 2 aliphatic carbocycles. The average Bonchev–Trinajstić information content (AvgIpc) is 2.28. The molecular formula is C11H16O. The van der Waals surface area contributed by atoms with Crippen LogP contribution in [0.2, 0.25) is 0 Å². The molecule has 0 amide bonds. The standard InChI is InChI=1S/C11H16O/c1-7-3-4-9-8(2)6-11(12)10(9)5-7/h5,8-10H,3-4,6H2,1-2H3/t8-,9-,10-/m0/s1. The molecule has 2 rings (SSSR count). The minimum Gasteiger partial charge on any atom is -0.299 e. The molecular weight excluding hydrogens is 148 g/mol. The molecule has 0 spiro atoms. The maximum Gasteiger partial charge on any atom is 0.140 e. The maximum atomic E-state index is 11.5. The first kappa shape index (κ1) is 8.03. The lowest BCUT2D eigenvalue weighted by molar-refractivity contribution is -0.120. The fraction of sp³-hybridized carbons (Fsp3) is 0.727. The van der Waals surface area contributed by atoms with Gasteiger partial charge in [-0.25, -0.2) is 0 Å². The van der Waals surface area contributed by atoms with Crippen LogP contribution in [0.15, 0.2) is 11.6 Å². The van der Waals surface area contributed by atoms with Gasteiger partial charge in [0.25, 0.3) is 0 Å². The van der Waals surface area contributed by atoms with E-state index in [2.05, 4.69) is 19.9 Å². The Morgan fingerprint density at radius 3 is 3.00 bits per heavy atom. The third kappa shape index (κ3) is 1.12. The molecule has 0 aromatic heterocycles. The smallest absolute Gasteiger partial charge is 0.140 e. The first-order valence-corrected chi connectivity index (χ1v) is 4.88. The number of hydrogen-bond donors (Lipinski definition) is 0. The van der Waals surface area contributed by atoms with E-state index in [0.717, 1.165) is 6.42 Å². The van der Waals surface area contributed by atoms with Gasteiger partial charge in [0.2, 0.25) is 0 Å². The molecule has 0 unspecified atom stereocenters. The van der Waals surface area contributed by atoms with Gasteiger partial charge in [-0.3, -0.25) is 4.79 Å². The Kier molecular flexibility index (Phi) is 1.82. The monoisotopic (exact) mass is 164 g/mol. The molecule has 3 atom stereocenters. The van der Waals surface area contributed by atoms with Crippen molar-refractivity contribution in [3.05, 3.63) is 11.6 Å². The van der Waals surface area contributed by atoms with Crippen LogP contribution in [-0.4, -0.2) is 5.78 Å². The van der Waals surface area contributed by atoms with Gasteiger partial charge in [-0.05, 0) is 31.6 Å². The van der Waals surface area contributed by atoms with E-state index in [1.165, 1.54) is 18.4 Å². The Morgan fingerprint density at radius 2 is 2.25 bits per heavy atom. The molecule has 0 bridgehead atoms. The summed E-state index contributed by atoms with van der Waals surface area (Å²) >= 11 is 0. The fourth-order valence-corrected chi connectivity index (χ4v) is 2.66. The second kappa shape index (κ2) is 2.72. The highest BCUT2D eigenvalue weighted by Gasteiger charge is 2.39. The molecule has 0 heterocycles. The zero-order valence-electron chi connectivity index (χ0n) is 7.84. The van der Waals surface area contributed by atoms with Crippen LogP contribution in [0.1, 0.15) is 33.1 Å². The van der Waals surface area contributed by atoms with Gasteiger partial charge in [-0.1, -0.05) is 18.6 Å². The molecule has 1 nitrogen and oxygen atoms in total. The third-order valence-electron chi connectivity index (χ3n) is 3.42. The summed E-state index contributed by atoms with van der Waals surface area (Å²) in [6, 6.07) is 0. The molecule has 0 aromatic rings. The molecule has 0 aliphatic heterocycles. The largest absolute Gasteiger partial charge is 0.299 e. The van der Waals surface area contributed by atoms with E-state index in [-0.39, 0.29) is 5.92 Å². The van der Waals surface area contributed by atoms with Gasteiger partial charge in [0, 0.05) is 12.3 Å². The van der Waals surface area contributed by atoms with E-state index in [1.807, 2.05) is 0 Å². The van der Waals surface area contributed by atoms with Crippen LogP contribution in [0.5, 0.6) is 0 Å². The van der Waals surface area contributed by atoms with Crippen LogP contribution < -0.4 is 0 Å². The van der Waals surface area contributed by atoms with Crippen LogP contribution in [0.4, 0.5) is 0 Å². The highest BCUT2D eigenvalue weighted by molar-refractivity contribution is 5.85. The highest BCUT2D eigenvalue weighted by atomic mass is 16.1. The Hall–Kier alpha value is -0.590. The Morgan fingerprint density at radius 1 is 1.50 bits per heavy atom. The summed E-state index contributed by atoms with van der Waals surface area (Å²) in [7, 11) is 0. The summed E-state index contributed by atoms with van der Waals surface area (Å²) in [5.41, 5.74) is 1.42. The quantitative estimate of drug-likeness (QED) is 0.503. The second-order valence-electron chi connectivity index (χ2n) is 4.39. The zero-order valence-corrected chi connectivity index (χ0v) is 7.84. The van der Waals surface area contributed by atoms with Crippen LogP contribution in [0.3, 0.4) is 0 Å². The van der Waals surface area contributed by atoms with E-state index in [4.69, 9.17) is 0 Å². The van der Waals surface area contributed by atoms with Crippen molar-refractivity contribution < 1.29 is 4.79 Å². The molecule has 0 radical (unpaired) electrons. The first-order valence-electron chi connectivity index (χ1n) is 4.88. The van der Waals surface area contributed by atoms with Crippen LogP contribution >= 0.6 is 0 Å². The molecule has 1 heteroatoms. The predicted molar refractivity (Wildman–Crippen MR) is 48.8 cm³/mol. The molecule has 0 N–H and O–H groups in total. The Bertz CT molecular complexity index is 239. The lowest BCUT2D eigenvalue weighted by atomic mass is 9.80. The van der Waals surface area contributed by atoms with Gasteiger partial charge in [0.1, 0.15) is 5.78 Å². The van der Waals surface area contributed by atoms with Crippen molar-refractivity contribution in [1.29, 1.82) is 0 Å². The lowest BCUT2D eigenvalue weighted by Gasteiger charge is -2.24. The van der Waals surface area contributed by atoms with Crippen molar-refractivity contribution in [3.63, 3.8) is 0 Å². The molecule has 0 aromatic carbocycles. The van der Waals surface area contributed by atoms with Gasteiger partial charge < -0.3 is 0 Å². The molecule has 1 saturated carbocycles. The van der Waals surface area contributed by atoms with Crippen molar-refractivity contribution >= 4 is 5.78 Å². The minimum atomic E-state index is 0.286. The number of rotatable bonds is 0. The summed E-state index contributed by atoms with van der Waals surface area (Å²) < 4.78 is 0. The SMILES string of the molecule is CC1=C[C@@H]2C(=O)C[C@H](C)[C@@H]2CC1. The van der Waals surface area contributed by atoms with E-state index < -0.39 is 0 Å². The average molecular weight is 164 g/mol. The number of allylic oxidation sites excluding steroid dienone is 2.